The second-order valence-electron chi connectivity index (χ2n) is 7.25. The SMILES string of the molecule is O=C(NCc1cccnc1OCC(F)(F)F)C1CCCN(c2ncccc2C(F)(F)F)C1. The van der Waals surface area contributed by atoms with Crippen molar-refractivity contribution in [3.63, 3.8) is 0 Å². The third kappa shape index (κ3) is 6.24. The van der Waals surface area contributed by atoms with Gasteiger partial charge in [-0.2, -0.15) is 26.3 Å². The highest BCUT2D eigenvalue weighted by atomic mass is 19.4. The number of rotatable bonds is 6. The lowest BCUT2D eigenvalue weighted by Crippen LogP contribution is -2.43. The van der Waals surface area contributed by atoms with Gasteiger partial charge in [0.15, 0.2) is 6.61 Å². The summed E-state index contributed by atoms with van der Waals surface area (Å²) >= 11 is 0. The van der Waals surface area contributed by atoms with Gasteiger partial charge in [-0.25, -0.2) is 9.97 Å². The van der Waals surface area contributed by atoms with Crippen molar-refractivity contribution < 1.29 is 35.9 Å². The Balaban J connectivity index is 1.64. The largest absolute Gasteiger partial charge is 0.468 e. The number of pyridine rings is 2. The lowest BCUT2D eigenvalue weighted by atomic mass is 9.96. The number of hydrogen-bond donors (Lipinski definition) is 1. The van der Waals surface area contributed by atoms with Crippen LogP contribution in [0.2, 0.25) is 0 Å². The van der Waals surface area contributed by atoms with Crippen LogP contribution in [-0.2, 0) is 17.5 Å². The van der Waals surface area contributed by atoms with E-state index in [1.807, 2.05) is 0 Å². The molecule has 1 atom stereocenters. The van der Waals surface area contributed by atoms with Crippen LogP contribution in [0.15, 0.2) is 36.7 Å². The van der Waals surface area contributed by atoms with Gasteiger partial charge in [-0.05, 0) is 31.0 Å². The fraction of sp³-hybridized carbons (Fsp3) is 0.450. The van der Waals surface area contributed by atoms with E-state index in [0.717, 1.165) is 6.07 Å². The highest BCUT2D eigenvalue weighted by Gasteiger charge is 2.37. The maximum Gasteiger partial charge on any atom is 0.422 e. The quantitative estimate of drug-likeness (QED) is 0.659. The second kappa shape index (κ2) is 9.61. The maximum absolute atomic E-state index is 13.3. The first kappa shape index (κ1) is 23.6. The van der Waals surface area contributed by atoms with Gasteiger partial charge in [0.1, 0.15) is 5.82 Å². The van der Waals surface area contributed by atoms with E-state index in [2.05, 4.69) is 20.0 Å². The number of halogens is 6. The highest BCUT2D eigenvalue weighted by Crippen LogP contribution is 2.36. The monoisotopic (exact) mass is 462 g/mol. The first-order chi connectivity index (χ1) is 15.0. The van der Waals surface area contributed by atoms with Gasteiger partial charge in [0.25, 0.3) is 0 Å². The Labute approximate surface area is 179 Å². The first-order valence-electron chi connectivity index (χ1n) is 9.73. The molecule has 174 valence electrons. The number of hydrogen-bond acceptors (Lipinski definition) is 5. The number of piperidine rings is 1. The molecular formula is C20H20F6N4O2. The van der Waals surface area contributed by atoms with E-state index in [1.54, 1.807) is 0 Å². The van der Waals surface area contributed by atoms with Gasteiger partial charge >= 0.3 is 12.4 Å². The molecule has 1 amide bonds. The molecular weight excluding hydrogens is 442 g/mol. The third-order valence-electron chi connectivity index (χ3n) is 4.86. The summed E-state index contributed by atoms with van der Waals surface area (Å²) in [4.78, 5) is 21.7. The minimum absolute atomic E-state index is 0.0381. The Kier molecular flexibility index (Phi) is 7.09. The number of aromatic nitrogens is 2. The summed E-state index contributed by atoms with van der Waals surface area (Å²) in [6, 6.07) is 5.10. The zero-order chi connectivity index (χ0) is 23.4. The van der Waals surface area contributed by atoms with Crippen LogP contribution in [0, 0.1) is 5.92 Å². The molecule has 1 unspecified atom stereocenters. The number of nitrogens with one attached hydrogen (secondary N) is 1. The molecule has 1 fully saturated rings. The molecule has 12 heteroatoms. The van der Waals surface area contributed by atoms with E-state index < -0.39 is 36.3 Å². The molecule has 3 rings (SSSR count). The van der Waals surface area contributed by atoms with Crippen molar-refractivity contribution in [3.05, 3.63) is 47.8 Å². The van der Waals surface area contributed by atoms with Crippen LogP contribution in [0.5, 0.6) is 5.88 Å². The summed E-state index contributed by atoms with van der Waals surface area (Å²) in [5, 5.41) is 2.61. The van der Waals surface area contributed by atoms with Crippen LogP contribution in [0.3, 0.4) is 0 Å². The summed E-state index contributed by atoms with van der Waals surface area (Å²) in [5.74, 6) is -1.51. The summed E-state index contributed by atoms with van der Waals surface area (Å²) < 4.78 is 81.8. The number of alkyl halides is 6. The van der Waals surface area contributed by atoms with Crippen molar-refractivity contribution in [2.24, 2.45) is 5.92 Å². The third-order valence-corrected chi connectivity index (χ3v) is 4.86. The summed E-state index contributed by atoms with van der Waals surface area (Å²) in [6.45, 7) is -1.29. The fourth-order valence-electron chi connectivity index (χ4n) is 3.42. The van der Waals surface area contributed by atoms with Gasteiger partial charge in [0, 0.05) is 37.6 Å². The maximum atomic E-state index is 13.3. The number of anilines is 1. The van der Waals surface area contributed by atoms with Crippen LogP contribution in [0.1, 0.15) is 24.0 Å². The van der Waals surface area contributed by atoms with Gasteiger partial charge in [0.05, 0.1) is 11.5 Å². The Morgan fingerprint density at radius 1 is 1.12 bits per heavy atom. The molecule has 0 saturated carbocycles. The van der Waals surface area contributed by atoms with Crippen molar-refractivity contribution in [1.82, 2.24) is 15.3 Å². The van der Waals surface area contributed by atoms with Gasteiger partial charge in [-0.15, -0.1) is 0 Å². The van der Waals surface area contributed by atoms with E-state index in [9.17, 15) is 31.1 Å². The second-order valence-corrected chi connectivity index (χ2v) is 7.25. The predicted octanol–water partition coefficient (Wildman–Crippen LogP) is 3.97. The molecule has 0 bridgehead atoms. The predicted molar refractivity (Wildman–Crippen MR) is 102 cm³/mol. The molecule has 0 aliphatic carbocycles. The lowest BCUT2D eigenvalue weighted by molar-refractivity contribution is -0.154. The van der Waals surface area contributed by atoms with Gasteiger partial charge in [-0.1, -0.05) is 6.07 Å². The van der Waals surface area contributed by atoms with Crippen LogP contribution < -0.4 is 15.0 Å². The first-order valence-corrected chi connectivity index (χ1v) is 9.73. The molecule has 1 aliphatic rings. The number of amides is 1. The van der Waals surface area contributed by atoms with Crippen molar-refractivity contribution in [3.8, 4) is 5.88 Å². The van der Waals surface area contributed by atoms with Crippen molar-refractivity contribution in [2.45, 2.75) is 31.7 Å². The zero-order valence-corrected chi connectivity index (χ0v) is 16.7. The minimum atomic E-state index is -4.58. The molecule has 0 radical (unpaired) electrons. The molecule has 1 saturated heterocycles. The van der Waals surface area contributed by atoms with E-state index in [0.29, 0.717) is 19.4 Å². The van der Waals surface area contributed by atoms with Crippen LogP contribution in [0.25, 0.3) is 0 Å². The molecule has 3 heterocycles. The van der Waals surface area contributed by atoms with Gasteiger partial charge in [-0.3, -0.25) is 4.79 Å². The van der Waals surface area contributed by atoms with E-state index in [-0.39, 0.29) is 30.4 Å². The van der Waals surface area contributed by atoms with Gasteiger partial charge in [0.2, 0.25) is 11.8 Å². The Hall–Kier alpha value is -3.05. The summed E-state index contributed by atoms with van der Waals surface area (Å²) in [5.41, 5.74) is -0.621. The van der Waals surface area contributed by atoms with E-state index in [4.69, 9.17) is 0 Å². The van der Waals surface area contributed by atoms with Crippen LogP contribution >= 0.6 is 0 Å². The normalized spacial score (nSPS) is 17.2. The summed E-state index contributed by atoms with van der Waals surface area (Å²) in [7, 11) is 0. The molecule has 32 heavy (non-hydrogen) atoms. The Morgan fingerprint density at radius 2 is 1.84 bits per heavy atom. The Morgan fingerprint density at radius 3 is 2.56 bits per heavy atom. The molecule has 2 aromatic rings. The number of carbonyl (C=O) groups is 1. The molecule has 0 aromatic carbocycles. The van der Waals surface area contributed by atoms with Crippen LogP contribution in [0.4, 0.5) is 32.2 Å². The van der Waals surface area contributed by atoms with E-state index >= 15 is 0 Å². The number of ether oxygens (including phenoxy) is 1. The zero-order valence-electron chi connectivity index (χ0n) is 16.7. The average Bonchev–Trinajstić information content (AvgIpc) is 2.75. The van der Waals surface area contributed by atoms with Crippen molar-refractivity contribution in [1.29, 1.82) is 0 Å². The van der Waals surface area contributed by atoms with Crippen molar-refractivity contribution in [2.75, 3.05) is 24.6 Å². The van der Waals surface area contributed by atoms with Crippen LogP contribution in [-0.4, -0.2) is 41.7 Å². The van der Waals surface area contributed by atoms with Crippen molar-refractivity contribution >= 4 is 11.7 Å². The molecule has 2 aromatic heterocycles. The molecule has 1 N–H and O–H groups in total. The molecule has 1 aliphatic heterocycles. The smallest absolute Gasteiger partial charge is 0.422 e. The standard InChI is InChI=1S/C20H20F6N4O2/c21-19(22,23)12-32-18-13(4-1-8-28-18)10-29-17(31)14-5-3-9-30(11-14)16-15(20(24,25)26)6-2-7-27-16/h1-2,4,6-8,14H,3,5,9-12H2,(H,29,31). The fourth-order valence-corrected chi connectivity index (χ4v) is 3.42. The lowest BCUT2D eigenvalue weighted by Gasteiger charge is -2.34. The molecule has 0 spiro atoms. The minimum Gasteiger partial charge on any atom is -0.468 e. The highest BCUT2D eigenvalue weighted by molar-refractivity contribution is 5.79. The molecule has 6 nitrogen and oxygen atoms in total. The number of nitrogens with zero attached hydrogens (tertiary/aromatic N) is 3. The number of carbonyl (C=O) groups excluding carboxylic acids is 1. The van der Waals surface area contributed by atoms with Gasteiger partial charge < -0.3 is 15.0 Å². The average molecular weight is 462 g/mol. The Bertz CT molecular complexity index is 935. The topological polar surface area (TPSA) is 67.3 Å². The van der Waals surface area contributed by atoms with E-state index in [1.165, 1.54) is 35.5 Å². The summed E-state index contributed by atoms with van der Waals surface area (Å²) in [6.07, 6.45) is -5.64.